The van der Waals surface area contributed by atoms with Crippen LogP contribution in [0.15, 0.2) is 12.7 Å². The zero-order valence-electron chi connectivity index (χ0n) is 5.84. The zero-order valence-corrected chi connectivity index (χ0v) is 5.84. The second-order valence-corrected chi connectivity index (χ2v) is 2.82. The van der Waals surface area contributed by atoms with Crippen LogP contribution in [0.3, 0.4) is 0 Å². The first kappa shape index (κ1) is 6.00. The first-order chi connectivity index (χ1) is 4.90. The van der Waals surface area contributed by atoms with Crippen LogP contribution >= 0.6 is 0 Å². The minimum Gasteiger partial charge on any atom is -0.351 e. The van der Waals surface area contributed by atoms with E-state index in [2.05, 4.69) is 18.4 Å². The van der Waals surface area contributed by atoms with E-state index in [4.69, 9.17) is 4.74 Å². The maximum Gasteiger partial charge on any atom is 0.148 e. The van der Waals surface area contributed by atoms with Gasteiger partial charge in [-0.2, -0.15) is 0 Å². The van der Waals surface area contributed by atoms with Gasteiger partial charge in [0.15, 0.2) is 0 Å². The summed E-state index contributed by atoms with van der Waals surface area (Å²) in [4.78, 5) is 0. The normalized spacial score (nSPS) is 36.0. The molecular formula is C9H10O. The Labute approximate surface area is 61.1 Å². The SMILES string of the molecule is C=C[C@@H]1O[C@@H]1C#CC1CC1. The Morgan fingerprint density at radius 1 is 1.40 bits per heavy atom. The molecule has 2 atom stereocenters. The monoisotopic (exact) mass is 134 g/mol. The molecule has 0 aromatic carbocycles. The highest BCUT2D eigenvalue weighted by Gasteiger charge is 2.34. The van der Waals surface area contributed by atoms with Crippen LogP contribution in [-0.4, -0.2) is 12.2 Å². The summed E-state index contributed by atoms with van der Waals surface area (Å²) >= 11 is 0. The largest absolute Gasteiger partial charge is 0.351 e. The molecule has 0 N–H and O–H groups in total. The van der Waals surface area contributed by atoms with Gasteiger partial charge < -0.3 is 4.74 Å². The summed E-state index contributed by atoms with van der Waals surface area (Å²) in [5.41, 5.74) is 0. The molecule has 0 bridgehead atoms. The van der Waals surface area contributed by atoms with Crippen LogP contribution < -0.4 is 0 Å². The average molecular weight is 134 g/mol. The van der Waals surface area contributed by atoms with Crippen molar-refractivity contribution in [1.29, 1.82) is 0 Å². The van der Waals surface area contributed by atoms with Crippen LogP contribution in [-0.2, 0) is 4.74 Å². The van der Waals surface area contributed by atoms with Crippen molar-refractivity contribution in [2.24, 2.45) is 5.92 Å². The number of ether oxygens (including phenoxy) is 1. The Morgan fingerprint density at radius 3 is 2.70 bits per heavy atom. The van der Waals surface area contributed by atoms with E-state index in [0.717, 1.165) is 0 Å². The fourth-order valence-electron chi connectivity index (χ4n) is 0.847. The molecule has 2 rings (SSSR count). The van der Waals surface area contributed by atoms with Gasteiger partial charge in [0.1, 0.15) is 12.2 Å². The predicted octanol–water partition coefficient (Wildman–Crippen LogP) is 1.35. The lowest BCUT2D eigenvalue weighted by atomic mass is 10.3. The van der Waals surface area contributed by atoms with Crippen molar-refractivity contribution in [3.05, 3.63) is 12.7 Å². The molecule has 2 aliphatic rings. The van der Waals surface area contributed by atoms with E-state index < -0.39 is 0 Å². The van der Waals surface area contributed by atoms with Crippen molar-refractivity contribution < 1.29 is 4.74 Å². The highest BCUT2D eigenvalue weighted by Crippen LogP contribution is 2.29. The van der Waals surface area contributed by atoms with Crippen LogP contribution in [0.2, 0.25) is 0 Å². The predicted molar refractivity (Wildman–Crippen MR) is 39.4 cm³/mol. The molecule has 1 saturated carbocycles. The van der Waals surface area contributed by atoms with Crippen LogP contribution in [0.4, 0.5) is 0 Å². The van der Waals surface area contributed by atoms with E-state index in [0.29, 0.717) is 5.92 Å². The van der Waals surface area contributed by atoms with Crippen molar-refractivity contribution in [3.63, 3.8) is 0 Å². The molecule has 52 valence electrons. The summed E-state index contributed by atoms with van der Waals surface area (Å²) in [5.74, 6) is 6.93. The number of hydrogen-bond donors (Lipinski definition) is 0. The molecule has 10 heavy (non-hydrogen) atoms. The van der Waals surface area contributed by atoms with E-state index in [9.17, 15) is 0 Å². The number of hydrogen-bond acceptors (Lipinski definition) is 1. The van der Waals surface area contributed by atoms with Gasteiger partial charge in [-0.25, -0.2) is 0 Å². The summed E-state index contributed by atoms with van der Waals surface area (Å²) in [6.45, 7) is 3.62. The summed E-state index contributed by atoms with van der Waals surface area (Å²) in [6.07, 6.45) is 4.80. The number of rotatable bonds is 1. The highest BCUT2D eigenvalue weighted by molar-refractivity contribution is 5.21. The Hall–Kier alpha value is -0.740. The molecule has 0 aromatic heterocycles. The topological polar surface area (TPSA) is 12.5 Å². The van der Waals surface area contributed by atoms with Crippen LogP contribution in [0.1, 0.15) is 12.8 Å². The molecule has 0 unspecified atom stereocenters. The van der Waals surface area contributed by atoms with Crippen LogP contribution in [0.5, 0.6) is 0 Å². The lowest BCUT2D eigenvalue weighted by molar-refractivity contribution is 0.417. The third kappa shape index (κ3) is 1.22. The second-order valence-electron chi connectivity index (χ2n) is 2.82. The second kappa shape index (κ2) is 2.14. The standard InChI is InChI=1S/C9H10O/c1-2-8-9(10-8)6-5-7-3-4-7/h2,7-9H,1,3-4H2/t8-,9+/m0/s1. The van der Waals surface area contributed by atoms with Gasteiger partial charge in [0.05, 0.1) is 0 Å². The summed E-state index contributed by atoms with van der Waals surface area (Å²) < 4.78 is 5.15. The molecule has 0 aromatic rings. The third-order valence-electron chi connectivity index (χ3n) is 1.76. The minimum absolute atomic E-state index is 0.179. The summed E-state index contributed by atoms with van der Waals surface area (Å²) in [7, 11) is 0. The molecule has 2 fully saturated rings. The lowest BCUT2D eigenvalue weighted by Gasteiger charge is -1.71. The van der Waals surface area contributed by atoms with Gasteiger partial charge >= 0.3 is 0 Å². The van der Waals surface area contributed by atoms with Crippen molar-refractivity contribution >= 4 is 0 Å². The van der Waals surface area contributed by atoms with Gasteiger partial charge in [-0.15, -0.1) is 6.58 Å². The molecule has 1 heterocycles. The molecule has 0 radical (unpaired) electrons. The van der Waals surface area contributed by atoms with Crippen molar-refractivity contribution in [1.82, 2.24) is 0 Å². The van der Waals surface area contributed by atoms with E-state index in [1.807, 2.05) is 6.08 Å². The first-order valence-electron chi connectivity index (χ1n) is 3.69. The molecule has 0 spiro atoms. The molecular weight excluding hydrogens is 124 g/mol. The van der Waals surface area contributed by atoms with Gasteiger partial charge in [-0.05, 0) is 12.8 Å². The van der Waals surface area contributed by atoms with Crippen LogP contribution in [0, 0.1) is 17.8 Å². The molecule has 1 saturated heterocycles. The maximum atomic E-state index is 5.15. The Morgan fingerprint density at radius 2 is 2.20 bits per heavy atom. The average Bonchev–Trinajstić information content (AvgIpc) is 2.82. The van der Waals surface area contributed by atoms with Gasteiger partial charge in [-0.3, -0.25) is 0 Å². The van der Waals surface area contributed by atoms with Gasteiger partial charge in [0, 0.05) is 5.92 Å². The molecule has 1 heteroatoms. The van der Waals surface area contributed by atoms with E-state index in [1.54, 1.807) is 0 Å². The van der Waals surface area contributed by atoms with E-state index in [-0.39, 0.29) is 12.2 Å². The van der Waals surface area contributed by atoms with E-state index >= 15 is 0 Å². The quantitative estimate of drug-likeness (QED) is 0.299. The fourth-order valence-corrected chi connectivity index (χ4v) is 0.847. The molecule has 0 amide bonds. The third-order valence-corrected chi connectivity index (χ3v) is 1.76. The molecule has 1 aliphatic carbocycles. The lowest BCUT2D eigenvalue weighted by Crippen LogP contribution is -1.83. The maximum absolute atomic E-state index is 5.15. The molecule has 1 nitrogen and oxygen atoms in total. The highest BCUT2D eigenvalue weighted by atomic mass is 16.6. The van der Waals surface area contributed by atoms with Gasteiger partial charge in [-0.1, -0.05) is 17.9 Å². The Bertz CT molecular complexity index is 205. The van der Waals surface area contributed by atoms with Crippen molar-refractivity contribution in [3.8, 4) is 11.8 Å². The molecule has 1 aliphatic heterocycles. The summed E-state index contributed by atoms with van der Waals surface area (Å²) in [5, 5.41) is 0. The number of epoxide rings is 1. The van der Waals surface area contributed by atoms with E-state index in [1.165, 1.54) is 12.8 Å². The smallest absolute Gasteiger partial charge is 0.148 e. The van der Waals surface area contributed by atoms with Crippen LogP contribution in [0.25, 0.3) is 0 Å². The fraction of sp³-hybridized carbons (Fsp3) is 0.556. The Balaban J connectivity index is 1.82. The van der Waals surface area contributed by atoms with Gasteiger partial charge in [0.2, 0.25) is 0 Å². The minimum atomic E-state index is 0.179. The van der Waals surface area contributed by atoms with Crippen molar-refractivity contribution in [2.75, 3.05) is 0 Å². The van der Waals surface area contributed by atoms with Crippen molar-refractivity contribution in [2.45, 2.75) is 25.0 Å². The Kier molecular flexibility index (Phi) is 1.28. The van der Waals surface area contributed by atoms with Gasteiger partial charge in [0.25, 0.3) is 0 Å². The zero-order chi connectivity index (χ0) is 6.97. The first-order valence-corrected chi connectivity index (χ1v) is 3.69. The summed E-state index contributed by atoms with van der Waals surface area (Å²) in [6, 6.07) is 0.